The van der Waals surface area contributed by atoms with E-state index in [1.807, 2.05) is 0 Å². The Kier molecular flexibility index (Phi) is 5.53. The molecule has 6 nitrogen and oxygen atoms in total. The molecule has 1 aliphatic rings. The maximum atomic E-state index is 13.9. The SMILES string of the molecule is O=C1CC[C@H](c2cn(-c3cc(F)cc(F)c3)nc2-c2ccc(F)nc2)N1Cc1ccc(O)cc1. The van der Waals surface area contributed by atoms with Crippen molar-refractivity contribution in [2.75, 3.05) is 0 Å². The van der Waals surface area contributed by atoms with E-state index in [2.05, 4.69) is 10.1 Å². The molecule has 0 radical (unpaired) electrons. The first-order chi connectivity index (χ1) is 16.4. The van der Waals surface area contributed by atoms with Crippen molar-refractivity contribution in [2.24, 2.45) is 0 Å². The molecule has 1 N–H and O–H groups in total. The number of halogens is 3. The predicted molar refractivity (Wildman–Crippen MR) is 117 cm³/mol. The van der Waals surface area contributed by atoms with Crippen LogP contribution in [0.25, 0.3) is 16.9 Å². The van der Waals surface area contributed by atoms with Crippen LogP contribution < -0.4 is 0 Å². The predicted octanol–water partition coefficient (Wildman–Crippen LogP) is 4.92. The van der Waals surface area contributed by atoms with Gasteiger partial charge in [-0.15, -0.1) is 0 Å². The Morgan fingerprint density at radius 1 is 1.00 bits per heavy atom. The molecule has 1 amide bonds. The Morgan fingerprint density at radius 3 is 2.41 bits per heavy atom. The number of aromatic hydroxyl groups is 1. The van der Waals surface area contributed by atoms with Gasteiger partial charge in [-0.05, 0) is 48.4 Å². The molecule has 0 spiro atoms. The second-order valence-electron chi connectivity index (χ2n) is 8.12. The van der Waals surface area contributed by atoms with Crippen molar-refractivity contribution in [2.45, 2.75) is 25.4 Å². The van der Waals surface area contributed by atoms with Crippen LogP contribution in [0.1, 0.15) is 30.0 Å². The first-order valence-corrected chi connectivity index (χ1v) is 10.6. The number of pyridine rings is 1. The third-order valence-corrected chi connectivity index (χ3v) is 5.83. The van der Waals surface area contributed by atoms with Gasteiger partial charge in [-0.1, -0.05) is 12.1 Å². The normalized spacial score (nSPS) is 15.8. The van der Waals surface area contributed by atoms with E-state index in [4.69, 9.17) is 0 Å². The Labute approximate surface area is 192 Å². The van der Waals surface area contributed by atoms with Gasteiger partial charge >= 0.3 is 0 Å². The molecule has 5 rings (SSSR count). The van der Waals surface area contributed by atoms with Gasteiger partial charge in [0.25, 0.3) is 0 Å². The lowest BCUT2D eigenvalue weighted by Gasteiger charge is -2.25. The Bertz CT molecular complexity index is 1330. The standard InChI is InChI=1S/C25H19F3N4O2/c26-17-9-18(27)11-19(10-17)32-14-21(25(30-32)16-3-7-23(28)29-12-16)22-6-8-24(34)31(22)13-15-1-4-20(33)5-2-15/h1-5,7,9-12,14,22,33H,6,8,13H2/t22-/m1/s1. The lowest BCUT2D eigenvalue weighted by molar-refractivity contribution is -0.129. The number of aromatic nitrogens is 3. The van der Waals surface area contributed by atoms with Crippen molar-refractivity contribution in [3.8, 4) is 22.7 Å². The molecule has 1 fully saturated rings. The zero-order valence-corrected chi connectivity index (χ0v) is 17.8. The van der Waals surface area contributed by atoms with Crippen LogP contribution >= 0.6 is 0 Å². The molecule has 0 aliphatic carbocycles. The monoisotopic (exact) mass is 464 g/mol. The quantitative estimate of drug-likeness (QED) is 0.426. The maximum absolute atomic E-state index is 13.9. The van der Waals surface area contributed by atoms with Gasteiger partial charge in [0.2, 0.25) is 11.9 Å². The first-order valence-electron chi connectivity index (χ1n) is 10.6. The fourth-order valence-corrected chi connectivity index (χ4v) is 4.23. The van der Waals surface area contributed by atoms with Gasteiger partial charge < -0.3 is 10.0 Å². The molecule has 1 saturated heterocycles. The largest absolute Gasteiger partial charge is 0.508 e. The molecule has 2 aromatic heterocycles. The number of phenols is 1. The fraction of sp³-hybridized carbons (Fsp3) is 0.160. The second kappa shape index (κ2) is 8.66. The smallest absolute Gasteiger partial charge is 0.223 e. The number of rotatable bonds is 5. The number of hydrogen-bond donors (Lipinski definition) is 1. The van der Waals surface area contributed by atoms with E-state index < -0.39 is 17.6 Å². The molecule has 0 bridgehead atoms. The fourth-order valence-electron chi connectivity index (χ4n) is 4.23. The Hall–Kier alpha value is -4.14. The molecule has 34 heavy (non-hydrogen) atoms. The number of likely N-dealkylation sites (tertiary alicyclic amines) is 1. The van der Waals surface area contributed by atoms with Gasteiger partial charge in [0.15, 0.2) is 0 Å². The highest BCUT2D eigenvalue weighted by molar-refractivity contribution is 5.80. The van der Waals surface area contributed by atoms with E-state index in [-0.39, 0.29) is 23.4 Å². The zero-order chi connectivity index (χ0) is 23.8. The molecular weight excluding hydrogens is 445 g/mol. The van der Waals surface area contributed by atoms with E-state index in [9.17, 15) is 23.1 Å². The van der Waals surface area contributed by atoms with E-state index in [0.717, 1.165) is 23.8 Å². The van der Waals surface area contributed by atoms with Crippen molar-refractivity contribution < 1.29 is 23.1 Å². The van der Waals surface area contributed by atoms with Gasteiger partial charge in [0.05, 0.1) is 17.4 Å². The summed E-state index contributed by atoms with van der Waals surface area (Å²) in [6.45, 7) is 0.310. The number of benzene rings is 2. The summed E-state index contributed by atoms with van der Waals surface area (Å²) in [6, 6.07) is 12.0. The summed E-state index contributed by atoms with van der Waals surface area (Å²) in [6.07, 6.45) is 3.81. The number of nitrogens with zero attached hydrogens (tertiary/aromatic N) is 4. The van der Waals surface area contributed by atoms with Crippen LogP contribution in [0.2, 0.25) is 0 Å². The molecule has 172 valence electrons. The highest BCUT2D eigenvalue weighted by Crippen LogP contribution is 2.39. The van der Waals surface area contributed by atoms with Crippen LogP contribution in [0.15, 0.2) is 67.0 Å². The number of phenolic OH excluding ortho intramolecular Hbond substituents is 1. The maximum Gasteiger partial charge on any atom is 0.223 e. The lowest BCUT2D eigenvalue weighted by atomic mass is 10.0. The summed E-state index contributed by atoms with van der Waals surface area (Å²) in [5.41, 5.74) is 2.61. The molecule has 3 heterocycles. The minimum absolute atomic E-state index is 0.0502. The third kappa shape index (κ3) is 4.24. The van der Waals surface area contributed by atoms with Gasteiger partial charge in [-0.2, -0.15) is 9.49 Å². The summed E-state index contributed by atoms with van der Waals surface area (Å²) in [7, 11) is 0. The topological polar surface area (TPSA) is 71.2 Å². The molecule has 2 aromatic carbocycles. The van der Waals surface area contributed by atoms with Crippen molar-refractivity contribution >= 4 is 5.91 Å². The van der Waals surface area contributed by atoms with Gasteiger partial charge in [-0.25, -0.2) is 18.4 Å². The van der Waals surface area contributed by atoms with Crippen LogP contribution in [0.5, 0.6) is 5.75 Å². The molecule has 1 aliphatic heterocycles. The van der Waals surface area contributed by atoms with Crippen LogP contribution in [0, 0.1) is 17.6 Å². The van der Waals surface area contributed by atoms with Crippen molar-refractivity contribution in [3.05, 3.63) is 95.7 Å². The number of carbonyl (C=O) groups excluding carboxylic acids is 1. The van der Waals surface area contributed by atoms with Crippen molar-refractivity contribution in [3.63, 3.8) is 0 Å². The summed E-state index contributed by atoms with van der Waals surface area (Å²) in [5.74, 6) is -2.07. The first kappa shape index (κ1) is 21.7. The lowest BCUT2D eigenvalue weighted by Crippen LogP contribution is -2.27. The van der Waals surface area contributed by atoms with Crippen LogP contribution in [0.3, 0.4) is 0 Å². The van der Waals surface area contributed by atoms with E-state index in [0.29, 0.717) is 36.2 Å². The third-order valence-electron chi connectivity index (χ3n) is 5.83. The van der Waals surface area contributed by atoms with Gasteiger partial charge in [0.1, 0.15) is 17.4 Å². The summed E-state index contributed by atoms with van der Waals surface area (Å²) >= 11 is 0. The average Bonchev–Trinajstić information content (AvgIpc) is 3.39. The van der Waals surface area contributed by atoms with Crippen LogP contribution in [0.4, 0.5) is 13.2 Å². The Balaban J connectivity index is 1.59. The summed E-state index contributed by atoms with van der Waals surface area (Å²) < 4.78 is 42.5. The minimum atomic E-state index is -0.748. The highest BCUT2D eigenvalue weighted by atomic mass is 19.1. The van der Waals surface area contributed by atoms with E-state index in [1.165, 1.54) is 23.0 Å². The van der Waals surface area contributed by atoms with Gasteiger partial charge in [-0.3, -0.25) is 4.79 Å². The van der Waals surface area contributed by atoms with Gasteiger partial charge in [0, 0.05) is 42.6 Å². The molecule has 0 unspecified atom stereocenters. The Morgan fingerprint density at radius 2 is 1.74 bits per heavy atom. The minimum Gasteiger partial charge on any atom is -0.508 e. The number of carbonyl (C=O) groups is 1. The van der Waals surface area contributed by atoms with E-state index >= 15 is 0 Å². The molecular formula is C25H19F3N4O2. The molecule has 4 aromatic rings. The molecule has 1 atom stereocenters. The number of hydrogen-bond acceptors (Lipinski definition) is 4. The van der Waals surface area contributed by atoms with Crippen molar-refractivity contribution in [1.29, 1.82) is 0 Å². The number of amides is 1. The summed E-state index contributed by atoms with van der Waals surface area (Å²) in [5, 5.41) is 14.1. The molecule has 0 saturated carbocycles. The zero-order valence-electron chi connectivity index (χ0n) is 17.8. The van der Waals surface area contributed by atoms with Crippen LogP contribution in [-0.4, -0.2) is 30.7 Å². The average molecular weight is 464 g/mol. The van der Waals surface area contributed by atoms with Crippen LogP contribution in [-0.2, 0) is 11.3 Å². The summed E-state index contributed by atoms with van der Waals surface area (Å²) in [4.78, 5) is 18.2. The van der Waals surface area contributed by atoms with E-state index in [1.54, 1.807) is 35.4 Å². The van der Waals surface area contributed by atoms with Crippen molar-refractivity contribution in [1.82, 2.24) is 19.7 Å². The second-order valence-corrected chi connectivity index (χ2v) is 8.12. The molecule has 9 heteroatoms. The highest BCUT2D eigenvalue weighted by Gasteiger charge is 2.35.